The number of nitrogens with one attached hydrogen (secondary N) is 1. The standard InChI is InChI=1S/C14H27NO7.C8H19N/c1-2-3-4-5-6-7-8-15-13(20)11(18)9(16)10(17)12(19)14(21)22;1-2-3-4-5-6-7-8-9/h9-12,16-19H,2-8H2,1H3,(H,15,20)(H,21,22);2-9H2,1H3/p+1/t9-,10-,11+,12-;/m1./s1. The Morgan fingerprint density at radius 2 is 1.13 bits per heavy atom. The van der Waals surface area contributed by atoms with E-state index in [-0.39, 0.29) is 0 Å². The summed E-state index contributed by atoms with van der Waals surface area (Å²) in [6, 6.07) is 0. The van der Waals surface area contributed by atoms with Crippen molar-refractivity contribution in [3.05, 3.63) is 0 Å². The lowest BCUT2D eigenvalue weighted by molar-refractivity contribution is -0.368. The summed E-state index contributed by atoms with van der Waals surface area (Å²) in [5.74, 6) is -2.68. The number of carbonyl (C=O) groups excluding carboxylic acids is 1. The fraction of sp³-hybridized carbons (Fsp3) is 0.909. The molecular weight excluding hydrogens is 404 g/mol. The summed E-state index contributed by atoms with van der Waals surface area (Å²) >= 11 is 0. The van der Waals surface area contributed by atoms with E-state index in [2.05, 4.69) is 24.9 Å². The minimum atomic E-state index is -2.28. The zero-order valence-electron chi connectivity index (χ0n) is 19.5. The predicted octanol–water partition coefficient (Wildman–Crippen LogP) is 0.580. The Morgan fingerprint density at radius 1 is 0.710 bits per heavy atom. The second-order valence-corrected chi connectivity index (χ2v) is 7.89. The van der Waals surface area contributed by atoms with E-state index in [1.807, 2.05) is 0 Å². The second kappa shape index (κ2) is 22.0. The van der Waals surface area contributed by atoms with E-state index in [9.17, 15) is 24.9 Å². The topological polar surface area (TPSA) is 175 Å². The van der Waals surface area contributed by atoms with Gasteiger partial charge >= 0.3 is 5.97 Å². The Labute approximate surface area is 187 Å². The number of unbranched alkanes of at least 4 members (excludes halogenated alkanes) is 10. The van der Waals surface area contributed by atoms with Crippen molar-refractivity contribution in [2.45, 2.75) is 115 Å². The normalized spacial score (nSPS) is 14.7. The van der Waals surface area contributed by atoms with Crippen LogP contribution in [-0.2, 0) is 9.59 Å². The van der Waals surface area contributed by atoms with Gasteiger partial charge in [-0.05, 0) is 19.3 Å². The number of aliphatic hydroxyl groups is 4. The molecule has 1 amide bonds. The fourth-order valence-corrected chi connectivity index (χ4v) is 2.85. The number of hydrogen-bond acceptors (Lipinski definition) is 6. The van der Waals surface area contributed by atoms with Crippen LogP contribution in [0.25, 0.3) is 0 Å². The SMILES string of the molecule is CCCCCCCCNC(=O)[C@@H](O)[C@H](O)[C@@H](O)[C@@H](O)C(=O)O.CCCCCCCC[NH3+]. The molecule has 0 spiro atoms. The first-order chi connectivity index (χ1) is 14.7. The third-order valence-electron chi connectivity index (χ3n) is 4.95. The zero-order valence-corrected chi connectivity index (χ0v) is 19.5. The van der Waals surface area contributed by atoms with Gasteiger partial charge in [-0.2, -0.15) is 0 Å². The van der Waals surface area contributed by atoms with Gasteiger partial charge in [-0.3, -0.25) is 4.79 Å². The lowest BCUT2D eigenvalue weighted by atomic mass is 10.0. The molecule has 0 aliphatic rings. The molecule has 0 saturated carbocycles. The van der Waals surface area contributed by atoms with E-state index < -0.39 is 36.3 Å². The number of aliphatic hydroxyl groups excluding tert-OH is 4. The molecule has 0 bridgehead atoms. The van der Waals surface area contributed by atoms with Crippen molar-refractivity contribution >= 4 is 11.9 Å². The zero-order chi connectivity index (χ0) is 24.1. The van der Waals surface area contributed by atoms with Gasteiger partial charge in [-0.1, -0.05) is 71.6 Å². The van der Waals surface area contributed by atoms with Crippen LogP contribution in [0.4, 0.5) is 0 Å². The van der Waals surface area contributed by atoms with Crippen molar-refractivity contribution in [2.75, 3.05) is 13.1 Å². The van der Waals surface area contributed by atoms with E-state index in [0.29, 0.717) is 6.54 Å². The smallest absolute Gasteiger partial charge is 0.335 e. The number of aliphatic carboxylic acids is 1. The molecule has 0 saturated heterocycles. The van der Waals surface area contributed by atoms with Crippen molar-refractivity contribution in [3.63, 3.8) is 0 Å². The molecule has 0 heterocycles. The largest absolute Gasteiger partial charge is 0.479 e. The minimum Gasteiger partial charge on any atom is -0.479 e. The van der Waals surface area contributed by atoms with Gasteiger partial charge in [0.15, 0.2) is 12.2 Å². The van der Waals surface area contributed by atoms with E-state index in [1.54, 1.807) is 0 Å². The average molecular weight is 452 g/mol. The average Bonchev–Trinajstić information content (AvgIpc) is 2.76. The lowest BCUT2D eigenvalue weighted by Crippen LogP contribution is -2.52. The van der Waals surface area contributed by atoms with Crippen LogP contribution >= 0.6 is 0 Å². The van der Waals surface area contributed by atoms with Gasteiger partial charge in [0.25, 0.3) is 5.91 Å². The Bertz CT molecular complexity index is 432. The van der Waals surface area contributed by atoms with Crippen LogP contribution < -0.4 is 11.1 Å². The third kappa shape index (κ3) is 18.1. The molecule has 0 aromatic heterocycles. The fourth-order valence-electron chi connectivity index (χ4n) is 2.85. The highest BCUT2D eigenvalue weighted by atomic mass is 16.4. The third-order valence-corrected chi connectivity index (χ3v) is 4.95. The van der Waals surface area contributed by atoms with Crippen molar-refractivity contribution in [3.8, 4) is 0 Å². The molecule has 9 heteroatoms. The van der Waals surface area contributed by atoms with Gasteiger partial charge in [0, 0.05) is 6.54 Å². The monoisotopic (exact) mass is 451 g/mol. The highest BCUT2D eigenvalue weighted by Gasteiger charge is 2.37. The molecule has 0 unspecified atom stereocenters. The molecule has 0 aromatic rings. The minimum absolute atomic E-state index is 0.312. The molecule has 9 nitrogen and oxygen atoms in total. The molecule has 0 fully saturated rings. The van der Waals surface area contributed by atoms with Gasteiger partial charge in [0.2, 0.25) is 0 Å². The predicted molar refractivity (Wildman–Crippen MR) is 119 cm³/mol. The first kappa shape index (κ1) is 31.9. The van der Waals surface area contributed by atoms with Gasteiger partial charge < -0.3 is 36.6 Å². The number of hydrogen-bond donors (Lipinski definition) is 7. The molecule has 0 radical (unpaired) electrons. The molecule has 186 valence electrons. The van der Waals surface area contributed by atoms with Gasteiger partial charge in [0.05, 0.1) is 6.54 Å². The maximum Gasteiger partial charge on any atom is 0.335 e. The maximum atomic E-state index is 11.6. The summed E-state index contributed by atoms with van der Waals surface area (Å²) in [5, 5.41) is 48.3. The highest BCUT2D eigenvalue weighted by Crippen LogP contribution is 2.07. The lowest BCUT2D eigenvalue weighted by Gasteiger charge is -2.23. The number of amides is 1. The van der Waals surface area contributed by atoms with E-state index in [1.165, 1.54) is 44.9 Å². The first-order valence-corrected chi connectivity index (χ1v) is 11.8. The van der Waals surface area contributed by atoms with Crippen molar-refractivity contribution in [1.29, 1.82) is 0 Å². The summed E-state index contributed by atoms with van der Waals surface area (Å²) in [5.41, 5.74) is 3.80. The Balaban J connectivity index is 0. The van der Waals surface area contributed by atoms with Crippen LogP contribution in [0.2, 0.25) is 0 Å². The molecule has 0 aliphatic carbocycles. The summed E-state index contributed by atoms with van der Waals surface area (Å²) in [7, 11) is 0. The van der Waals surface area contributed by atoms with Crippen LogP contribution in [0.5, 0.6) is 0 Å². The van der Waals surface area contributed by atoms with E-state index in [0.717, 1.165) is 38.6 Å². The Morgan fingerprint density at radius 3 is 1.58 bits per heavy atom. The Kier molecular flexibility index (Phi) is 22.6. The maximum absolute atomic E-state index is 11.6. The van der Waals surface area contributed by atoms with Crippen molar-refractivity contribution < 1.29 is 40.9 Å². The summed E-state index contributed by atoms with van der Waals surface area (Å²) in [6.45, 7) is 5.79. The highest BCUT2D eigenvalue weighted by molar-refractivity contribution is 5.81. The Hall–Kier alpha value is -1.26. The molecule has 9 N–H and O–H groups in total. The van der Waals surface area contributed by atoms with Crippen LogP contribution in [0.15, 0.2) is 0 Å². The number of quaternary nitrogens is 1. The number of carboxylic acid groups (broad SMARTS) is 1. The first-order valence-electron chi connectivity index (χ1n) is 11.8. The van der Waals surface area contributed by atoms with Crippen molar-refractivity contribution in [2.24, 2.45) is 0 Å². The van der Waals surface area contributed by atoms with Gasteiger partial charge in [0.1, 0.15) is 12.2 Å². The number of carboxylic acids is 1. The van der Waals surface area contributed by atoms with Crippen molar-refractivity contribution in [1.82, 2.24) is 5.32 Å². The quantitative estimate of drug-likeness (QED) is 0.149. The summed E-state index contributed by atoms with van der Waals surface area (Å²) in [6.07, 6.45) is 5.94. The molecule has 0 aliphatic heterocycles. The van der Waals surface area contributed by atoms with Gasteiger partial charge in [-0.25, -0.2) is 4.79 Å². The number of rotatable bonds is 18. The number of carbonyl (C=O) groups is 2. The second-order valence-electron chi connectivity index (χ2n) is 7.89. The summed E-state index contributed by atoms with van der Waals surface area (Å²) in [4.78, 5) is 22.0. The summed E-state index contributed by atoms with van der Waals surface area (Å²) < 4.78 is 0. The molecule has 0 aromatic carbocycles. The molecule has 31 heavy (non-hydrogen) atoms. The molecule has 4 atom stereocenters. The van der Waals surface area contributed by atoms with E-state index in [4.69, 9.17) is 10.2 Å². The van der Waals surface area contributed by atoms with Crippen LogP contribution in [0, 0.1) is 0 Å². The van der Waals surface area contributed by atoms with Crippen LogP contribution in [-0.4, -0.2) is 74.9 Å². The molecular formula is C22H47N2O7+. The molecule has 0 rings (SSSR count). The van der Waals surface area contributed by atoms with Crippen LogP contribution in [0.3, 0.4) is 0 Å². The van der Waals surface area contributed by atoms with Gasteiger partial charge in [-0.15, -0.1) is 0 Å². The van der Waals surface area contributed by atoms with Crippen LogP contribution in [0.1, 0.15) is 90.9 Å². The van der Waals surface area contributed by atoms with E-state index >= 15 is 0 Å².